The molecule has 5 heteroatoms. The Hall–Kier alpha value is -1.59. The summed E-state index contributed by atoms with van der Waals surface area (Å²) in [6.07, 6.45) is 2.75. The summed E-state index contributed by atoms with van der Waals surface area (Å²) in [6, 6.07) is 6.10. The number of anilines is 1. The molecule has 4 N–H and O–H groups in total. The number of imidazole rings is 1. The Morgan fingerprint density at radius 1 is 1.38 bits per heavy atom. The maximum absolute atomic E-state index is 5.59. The Morgan fingerprint density at radius 3 is 2.62 bits per heavy atom. The van der Waals surface area contributed by atoms with Crippen molar-refractivity contribution in [2.75, 3.05) is 25.5 Å². The first-order chi connectivity index (χ1) is 10.2. The molecular formula is C16H27N5. The number of nitrogens with two attached hydrogens (primary N) is 1. The molecule has 2 aromatic rings. The summed E-state index contributed by atoms with van der Waals surface area (Å²) in [5, 5.41) is 6.40. The first-order valence-electron chi connectivity index (χ1n) is 7.69. The Labute approximate surface area is 126 Å². The Bertz CT molecular complexity index is 569. The molecule has 5 nitrogen and oxygen atoms in total. The van der Waals surface area contributed by atoms with Crippen LogP contribution in [0.2, 0.25) is 0 Å². The SMILES string of the molecule is CC1CCNCC1.CNc1ccc2c(c1)nc(CN)n2C. The van der Waals surface area contributed by atoms with E-state index in [2.05, 4.69) is 22.5 Å². The number of rotatable bonds is 2. The molecule has 0 spiro atoms. The van der Waals surface area contributed by atoms with Gasteiger partial charge in [-0.1, -0.05) is 6.92 Å². The minimum absolute atomic E-state index is 0.472. The van der Waals surface area contributed by atoms with Gasteiger partial charge in [0.25, 0.3) is 0 Å². The van der Waals surface area contributed by atoms with Crippen LogP contribution in [-0.4, -0.2) is 29.7 Å². The number of piperidine rings is 1. The first-order valence-corrected chi connectivity index (χ1v) is 7.69. The minimum atomic E-state index is 0.472. The maximum atomic E-state index is 5.59. The summed E-state index contributed by atoms with van der Waals surface area (Å²) in [4.78, 5) is 4.44. The number of nitrogens with zero attached hydrogens (tertiary/aromatic N) is 2. The van der Waals surface area contributed by atoms with Crippen molar-refractivity contribution in [1.82, 2.24) is 14.9 Å². The average Bonchev–Trinajstić information content (AvgIpc) is 2.84. The van der Waals surface area contributed by atoms with Crippen molar-refractivity contribution in [3.05, 3.63) is 24.0 Å². The average molecular weight is 289 g/mol. The van der Waals surface area contributed by atoms with Crippen LogP contribution in [0.25, 0.3) is 11.0 Å². The third-order valence-corrected chi connectivity index (χ3v) is 4.07. The number of aromatic nitrogens is 2. The molecule has 0 amide bonds. The number of aryl methyl sites for hydroxylation is 1. The third-order valence-electron chi connectivity index (χ3n) is 4.07. The molecule has 0 radical (unpaired) electrons. The van der Waals surface area contributed by atoms with Crippen LogP contribution >= 0.6 is 0 Å². The van der Waals surface area contributed by atoms with E-state index in [1.807, 2.05) is 36.9 Å². The molecular weight excluding hydrogens is 262 g/mol. The minimum Gasteiger partial charge on any atom is -0.388 e. The predicted molar refractivity (Wildman–Crippen MR) is 89.4 cm³/mol. The van der Waals surface area contributed by atoms with Crippen LogP contribution in [0.4, 0.5) is 5.69 Å². The summed E-state index contributed by atoms with van der Waals surface area (Å²) in [5.41, 5.74) is 8.76. The smallest absolute Gasteiger partial charge is 0.123 e. The fraction of sp³-hybridized carbons (Fsp3) is 0.562. The van der Waals surface area contributed by atoms with Crippen molar-refractivity contribution in [3.8, 4) is 0 Å². The number of nitrogens with one attached hydrogen (secondary N) is 2. The van der Waals surface area contributed by atoms with Gasteiger partial charge in [-0.05, 0) is 50.0 Å². The van der Waals surface area contributed by atoms with Gasteiger partial charge in [0.15, 0.2) is 0 Å². The van der Waals surface area contributed by atoms with E-state index in [-0.39, 0.29) is 0 Å². The molecule has 1 aliphatic rings. The summed E-state index contributed by atoms with van der Waals surface area (Å²) in [6.45, 7) is 5.27. The lowest BCUT2D eigenvalue weighted by atomic mass is 10.0. The van der Waals surface area contributed by atoms with Gasteiger partial charge >= 0.3 is 0 Å². The van der Waals surface area contributed by atoms with E-state index in [0.29, 0.717) is 6.54 Å². The molecule has 1 fully saturated rings. The monoisotopic (exact) mass is 289 g/mol. The molecule has 3 rings (SSSR count). The largest absolute Gasteiger partial charge is 0.388 e. The maximum Gasteiger partial charge on any atom is 0.123 e. The van der Waals surface area contributed by atoms with Crippen molar-refractivity contribution in [3.63, 3.8) is 0 Å². The van der Waals surface area contributed by atoms with Gasteiger partial charge in [-0.2, -0.15) is 0 Å². The fourth-order valence-electron chi connectivity index (χ4n) is 2.55. The molecule has 0 unspecified atom stereocenters. The van der Waals surface area contributed by atoms with Gasteiger partial charge < -0.3 is 20.9 Å². The van der Waals surface area contributed by atoms with Gasteiger partial charge in [0.1, 0.15) is 5.82 Å². The van der Waals surface area contributed by atoms with Crippen LogP contribution in [0.15, 0.2) is 18.2 Å². The van der Waals surface area contributed by atoms with Crippen molar-refractivity contribution < 1.29 is 0 Å². The zero-order chi connectivity index (χ0) is 15.2. The number of benzene rings is 1. The van der Waals surface area contributed by atoms with E-state index in [1.54, 1.807) is 0 Å². The van der Waals surface area contributed by atoms with Crippen molar-refractivity contribution >= 4 is 16.7 Å². The van der Waals surface area contributed by atoms with Crippen molar-refractivity contribution in [2.24, 2.45) is 18.7 Å². The van der Waals surface area contributed by atoms with Crippen LogP contribution in [0, 0.1) is 5.92 Å². The molecule has 1 saturated heterocycles. The van der Waals surface area contributed by atoms with Gasteiger partial charge in [-0.25, -0.2) is 4.98 Å². The molecule has 21 heavy (non-hydrogen) atoms. The van der Waals surface area contributed by atoms with E-state index >= 15 is 0 Å². The van der Waals surface area contributed by atoms with E-state index in [0.717, 1.165) is 28.5 Å². The Balaban J connectivity index is 0.000000194. The normalized spacial score (nSPS) is 15.6. The molecule has 0 bridgehead atoms. The van der Waals surface area contributed by atoms with Gasteiger partial charge in [-0.3, -0.25) is 0 Å². The molecule has 1 aliphatic heterocycles. The van der Waals surface area contributed by atoms with Crippen LogP contribution in [-0.2, 0) is 13.6 Å². The fourth-order valence-corrected chi connectivity index (χ4v) is 2.55. The molecule has 1 aromatic heterocycles. The standard InChI is InChI=1S/C10H14N4.C6H13N/c1-12-7-3-4-9-8(5-7)13-10(6-11)14(9)2;1-6-2-4-7-5-3-6/h3-5,12H,6,11H2,1-2H3;6-7H,2-5H2,1H3. The highest BCUT2D eigenvalue weighted by atomic mass is 15.1. The van der Waals surface area contributed by atoms with E-state index in [1.165, 1.54) is 25.9 Å². The second kappa shape index (κ2) is 7.43. The van der Waals surface area contributed by atoms with Gasteiger partial charge in [0.2, 0.25) is 0 Å². The Kier molecular flexibility index (Phi) is 5.59. The number of fused-ring (bicyclic) bond motifs is 1. The zero-order valence-electron chi connectivity index (χ0n) is 13.3. The number of hydrogen-bond donors (Lipinski definition) is 3. The van der Waals surface area contributed by atoms with Gasteiger partial charge in [0, 0.05) is 19.8 Å². The lowest BCUT2D eigenvalue weighted by Gasteiger charge is -2.17. The van der Waals surface area contributed by atoms with Crippen LogP contribution in [0.5, 0.6) is 0 Å². The molecule has 0 aliphatic carbocycles. The van der Waals surface area contributed by atoms with Crippen LogP contribution in [0.3, 0.4) is 0 Å². The molecule has 0 atom stereocenters. The summed E-state index contributed by atoms with van der Waals surface area (Å²) in [5.74, 6) is 1.88. The molecule has 116 valence electrons. The lowest BCUT2D eigenvalue weighted by molar-refractivity contribution is 0.402. The highest BCUT2D eigenvalue weighted by Crippen LogP contribution is 2.18. The summed E-state index contributed by atoms with van der Waals surface area (Å²) in [7, 11) is 3.88. The lowest BCUT2D eigenvalue weighted by Crippen LogP contribution is -2.26. The second-order valence-electron chi connectivity index (χ2n) is 5.68. The topological polar surface area (TPSA) is 67.9 Å². The number of hydrogen-bond acceptors (Lipinski definition) is 4. The van der Waals surface area contributed by atoms with Crippen LogP contribution in [0.1, 0.15) is 25.6 Å². The van der Waals surface area contributed by atoms with Gasteiger partial charge in [0.05, 0.1) is 17.6 Å². The molecule has 1 aromatic carbocycles. The predicted octanol–water partition coefficient (Wildman–Crippen LogP) is 2.08. The molecule has 0 saturated carbocycles. The highest BCUT2D eigenvalue weighted by Gasteiger charge is 2.06. The van der Waals surface area contributed by atoms with E-state index in [9.17, 15) is 0 Å². The van der Waals surface area contributed by atoms with E-state index < -0.39 is 0 Å². The second-order valence-corrected chi connectivity index (χ2v) is 5.68. The summed E-state index contributed by atoms with van der Waals surface area (Å²) >= 11 is 0. The van der Waals surface area contributed by atoms with Gasteiger partial charge in [-0.15, -0.1) is 0 Å². The zero-order valence-corrected chi connectivity index (χ0v) is 13.3. The summed E-state index contributed by atoms with van der Waals surface area (Å²) < 4.78 is 2.02. The Morgan fingerprint density at radius 2 is 2.10 bits per heavy atom. The van der Waals surface area contributed by atoms with Crippen LogP contribution < -0.4 is 16.4 Å². The van der Waals surface area contributed by atoms with E-state index in [4.69, 9.17) is 5.73 Å². The first kappa shape index (κ1) is 15.8. The quantitative estimate of drug-likeness (QED) is 0.792. The molecule has 2 heterocycles. The van der Waals surface area contributed by atoms with Crippen molar-refractivity contribution in [2.45, 2.75) is 26.3 Å². The highest BCUT2D eigenvalue weighted by molar-refractivity contribution is 5.80. The van der Waals surface area contributed by atoms with Crippen molar-refractivity contribution in [1.29, 1.82) is 0 Å². The third kappa shape index (κ3) is 3.95.